The Labute approximate surface area is 327 Å². The van der Waals surface area contributed by atoms with Crippen LogP contribution in [0, 0.1) is 0 Å². The molecule has 264 valence electrons. The van der Waals surface area contributed by atoms with Gasteiger partial charge in [-0.05, 0) is 140 Å². The molecule has 2 heteroatoms. The van der Waals surface area contributed by atoms with Crippen molar-refractivity contribution in [3.63, 3.8) is 0 Å². The molecule has 0 unspecified atom stereocenters. The number of benzene rings is 10. The van der Waals surface area contributed by atoms with Gasteiger partial charge in [-0.1, -0.05) is 140 Å². The maximum atomic E-state index is 2.41. The molecule has 10 aromatic rings. The highest BCUT2D eigenvalue weighted by molar-refractivity contribution is 6.28. The SMILES string of the molecule is C1=CCc2cc(N(c3ccccc3)c3ccc(-c4ccc5ccc6c(N(c7ccccc7)c7ccc8ccccc8c7)ccc7ccc4c5c76)cc3)ccc2C1. The van der Waals surface area contributed by atoms with Gasteiger partial charge >= 0.3 is 0 Å². The first-order chi connectivity index (χ1) is 27.8. The van der Waals surface area contributed by atoms with Crippen LogP contribution < -0.4 is 9.80 Å². The second-order valence-corrected chi connectivity index (χ2v) is 14.9. The maximum Gasteiger partial charge on any atom is 0.0540 e. The number of hydrogen-bond donors (Lipinski definition) is 0. The Morgan fingerprint density at radius 3 is 1.62 bits per heavy atom. The van der Waals surface area contributed by atoms with Crippen LogP contribution in [0.15, 0.2) is 206 Å². The predicted molar refractivity (Wildman–Crippen MR) is 239 cm³/mol. The average molecular weight is 715 g/mol. The van der Waals surface area contributed by atoms with E-state index in [1.54, 1.807) is 0 Å². The van der Waals surface area contributed by atoms with Crippen molar-refractivity contribution in [1.29, 1.82) is 0 Å². The fourth-order valence-electron chi connectivity index (χ4n) is 8.93. The van der Waals surface area contributed by atoms with E-state index in [0.29, 0.717) is 0 Å². The zero-order valence-electron chi connectivity index (χ0n) is 30.9. The number of para-hydroxylation sites is 2. The summed E-state index contributed by atoms with van der Waals surface area (Å²) in [6, 6.07) is 71.4. The van der Waals surface area contributed by atoms with Gasteiger partial charge in [0, 0.05) is 33.8 Å². The lowest BCUT2D eigenvalue weighted by Gasteiger charge is -2.28. The van der Waals surface area contributed by atoms with Crippen molar-refractivity contribution in [2.24, 2.45) is 0 Å². The summed E-state index contributed by atoms with van der Waals surface area (Å²) < 4.78 is 0. The molecule has 0 aromatic heterocycles. The fraction of sp³-hybridized carbons (Fsp3) is 0.0370. The molecule has 1 aliphatic carbocycles. The molecule has 10 aromatic carbocycles. The number of hydrogen-bond acceptors (Lipinski definition) is 2. The average Bonchev–Trinajstić information content (AvgIpc) is 3.27. The smallest absolute Gasteiger partial charge is 0.0540 e. The molecule has 2 nitrogen and oxygen atoms in total. The fourth-order valence-corrected chi connectivity index (χ4v) is 8.93. The summed E-state index contributed by atoms with van der Waals surface area (Å²) in [7, 11) is 0. The van der Waals surface area contributed by atoms with Crippen molar-refractivity contribution in [2.45, 2.75) is 12.8 Å². The minimum absolute atomic E-state index is 0.981. The molecule has 0 saturated heterocycles. The van der Waals surface area contributed by atoms with Crippen molar-refractivity contribution in [2.75, 3.05) is 9.80 Å². The number of allylic oxidation sites excluding steroid dienone is 2. The predicted octanol–water partition coefficient (Wildman–Crippen LogP) is 15.0. The van der Waals surface area contributed by atoms with E-state index in [1.807, 2.05) is 0 Å². The van der Waals surface area contributed by atoms with Crippen molar-refractivity contribution in [3.8, 4) is 11.1 Å². The van der Waals surface area contributed by atoms with Gasteiger partial charge in [-0.25, -0.2) is 0 Å². The Balaban J connectivity index is 1.04. The lowest BCUT2D eigenvalue weighted by Crippen LogP contribution is -2.11. The van der Waals surface area contributed by atoms with E-state index < -0.39 is 0 Å². The van der Waals surface area contributed by atoms with Crippen LogP contribution in [-0.2, 0) is 12.8 Å². The summed E-state index contributed by atoms with van der Waals surface area (Å²) in [5, 5.41) is 10.1. The van der Waals surface area contributed by atoms with E-state index in [0.717, 1.165) is 35.6 Å². The van der Waals surface area contributed by atoms with Gasteiger partial charge in [0.1, 0.15) is 0 Å². The normalized spacial score (nSPS) is 12.4. The summed E-state index contributed by atoms with van der Waals surface area (Å²) in [5.74, 6) is 0. The van der Waals surface area contributed by atoms with Crippen molar-refractivity contribution in [3.05, 3.63) is 217 Å². The molecule has 0 fully saturated rings. The molecule has 1 aliphatic rings. The standard InChI is InChI=1S/C54H38N2/c1-3-15-44(16-4-1)55(47-29-19-37-11-7-9-13-42(37)35-47)46-27-21-39(22-28-46)49-31-23-40-25-33-51-52(34-26-41-24-32-50(49)53(40)54(41)51)56(45-17-5-2-6-18-45)48-30-20-38-12-8-10-14-43(38)36-48/h1-10,12,14-36H,11,13H2. The van der Waals surface area contributed by atoms with Gasteiger partial charge in [0.15, 0.2) is 0 Å². The van der Waals surface area contributed by atoms with Gasteiger partial charge < -0.3 is 9.80 Å². The molecule has 56 heavy (non-hydrogen) atoms. The first kappa shape index (κ1) is 32.3. The van der Waals surface area contributed by atoms with Crippen molar-refractivity contribution < 1.29 is 0 Å². The van der Waals surface area contributed by atoms with Crippen LogP contribution in [0.1, 0.15) is 11.1 Å². The van der Waals surface area contributed by atoms with Crippen molar-refractivity contribution >= 4 is 77.2 Å². The third kappa shape index (κ3) is 5.41. The third-order valence-electron chi connectivity index (χ3n) is 11.6. The third-order valence-corrected chi connectivity index (χ3v) is 11.6. The minimum atomic E-state index is 0.981. The monoisotopic (exact) mass is 714 g/mol. The minimum Gasteiger partial charge on any atom is -0.310 e. The molecular formula is C54H38N2. The maximum absolute atomic E-state index is 2.41. The second kappa shape index (κ2) is 13.3. The summed E-state index contributed by atoms with van der Waals surface area (Å²) in [6.45, 7) is 0. The highest BCUT2D eigenvalue weighted by Gasteiger charge is 2.20. The highest BCUT2D eigenvalue weighted by Crippen LogP contribution is 2.46. The largest absolute Gasteiger partial charge is 0.310 e. The zero-order chi connectivity index (χ0) is 37.0. The molecule has 0 heterocycles. The zero-order valence-corrected chi connectivity index (χ0v) is 30.9. The van der Waals surface area contributed by atoms with Crippen LogP contribution in [0.3, 0.4) is 0 Å². The van der Waals surface area contributed by atoms with Crippen LogP contribution in [0.5, 0.6) is 0 Å². The lowest BCUT2D eigenvalue weighted by molar-refractivity contribution is 1.09. The van der Waals surface area contributed by atoms with Gasteiger partial charge in [0.25, 0.3) is 0 Å². The first-order valence-electron chi connectivity index (χ1n) is 19.5. The number of anilines is 6. The molecule has 0 amide bonds. The van der Waals surface area contributed by atoms with E-state index in [9.17, 15) is 0 Å². The van der Waals surface area contributed by atoms with E-state index in [2.05, 4.69) is 216 Å². The summed E-state index contributed by atoms with van der Waals surface area (Å²) in [5.41, 5.74) is 12.2. The first-order valence-corrected chi connectivity index (χ1v) is 19.5. The molecule has 0 radical (unpaired) electrons. The quantitative estimate of drug-likeness (QED) is 0.120. The van der Waals surface area contributed by atoms with Gasteiger partial charge in [-0.2, -0.15) is 0 Å². The molecule has 0 saturated carbocycles. The molecule has 0 atom stereocenters. The molecule has 0 aliphatic heterocycles. The van der Waals surface area contributed by atoms with Crippen LogP contribution in [0.25, 0.3) is 54.2 Å². The Kier molecular flexibility index (Phi) is 7.67. The number of fused-ring (bicyclic) bond motifs is 2. The second-order valence-electron chi connectivity index (χ2n) is 14.9. The summed E-state index contributed by atoms with van der Waals surface area (Å²) >= 11 is 0. The molecule has 0 bridgehead atoms. The van der Waals surface area contributed by atoms with Crippen LogP contribution in [0.4, 0.5) is 34.1 Å². The summed E-state index contributed by atoms with van der Waals surface area (Å²) in [4.78, 5) is 4.79. The van der Waals surface area contributed by atoms with E-state index in [1.165, 1.54) is 76.7 Å². The Morgan fingerprint density at radius 2 is 0.857 bits per heavy atom. The molecular weight excluding hydrogens is 677 g/mol. The van der Waals surface area contributed by atoms with Crippen LogP contribution >= 0.6 is 0 Å². The van der Waals surface area contributed by atoms with Gasteiger partial charge in [0.2, 0.25) is 0 Å². The molecule has 0 spiro atoms. The van der Waals surface area contributed by atoms with Crippen LogP contribution in [0.2, 0.25) is 0 Å². The molecule has 11 rings (SSSR count). The van der Waals surface area contributed by atoms with Gasteiger partial charge in [0.05, 0.1) is 5.69 Å². The Bertz CT molecular complexity index is 3070. The van der Waals surface area contributed by atoms with Crippen molar-refractivity contribution in [1.82, 2.24) is 0 Å². The number of rotatable bonds is 7. The number of nitrogens with zero attached hydrogens (tertiary/aromatic N) is 2. The van der Waals surface area contributed by atoms with E-state index in [-0.39, 0.29) is 0 Å². The molecule has 0 N–H and O–H groups in total. The van der Waals surface area contributed by atoms with Gasteiger partial charge in [-0.3, -0.25) is 0 Å². The Morgan fingerprint density at radius 1 is 0.321 bits per heavy atom. The highest BCUT2D eigenvalue weighted by atomic mass is 15.1. The topological polar surface area (TPSA) is 6.48 Å². The Hall–Kier alpha value is -7.16. The van der Waals surface area contributed by atoms with E-state index in [4.69, 9.17) is 0 Å². The summed E-state index contributed by atoms with van der Waals surface area (Å²) in [6.07, 6.45) is 6.55. The lowest BCUT2D eigenvalue weighted by atomic mass is 9.89. The van der Waals surface area contributed by atoms with Crippen LogP contribution in [-0.4, -0.2) is 0 Å². The van der Waals surface area contributed by atoms with Gasteiger partial charge in [-0.15, -0.1) is 0 Å². The van der Waals surface area contributed by atoms with E-state index >= 15 is 0 Å².